The summed E-state index contributed by atoms with van der Waals surface area (Å²) in [5, 5.41) is 4.17. The van der Waals surface area contributed by atoms with Gasteiger partial charge in [-0.15, -0.1) is 0 Å². The van der Waals surface area contributed by atoms with Crippen molar-refractivity contribution < 1.29 is 0 Å². The number of nitrogens with two attached hydrogens (primary N) is 1. The van der Waals surface area contributed by atoms with Crippen LogP contribution >= 0.6 is 0 Å². The summed E-state index contributed by atoms with van der Waals surface area (Å²) in [6.45, 7) is 4.47. The Balaban J connectivity index is 2.39. The van der Waals surface area contributed by atoms with Gasteiger partial charge in [0.25, 0.3) is 0 Å². The molecule has 0 bridgehead atoms. The highest BCUT2D eigenvalue weighted by Crippen LogP contribution is 2.15. The van der Waals surface area contributed by atoms with Crippen molar-refractivity contribution >= 4 is 0 Å². The predicted molar refractivity (Wildman–Crippen MR) is 66.7 cm³/mol. The fourth-order valence-electron chi connectivity index (χ4n) is 2.11. The average Bonchev–Trinajstić information content (AvgIpc) is 2.65. The van der Waals surface area contributed by atoms with Crippen LogP contribution in [-0.4, -0.2) is 15.8 Å². The molecule has 4 nitrogen and oxygen atoms in total. The van der Waals surface area contributed by atoms with Gasteiger partial charge < -0.3 is 0 Å². The summed E-state index contributed by atoms with van der Waals surface area (Å²) in [7, 11) is 1.95. The molecule has 0 saturated heterocycles. The Morgan fingerprint density at radius 3 is 2.75 bits per heavy atom. The lowest BCUT2D eigenvalue weighted by Gasteiger charge is -2.22. The summed E-state index contributed by atoms with van der Waals surface area (Å²) in [5.41, 5.74) is 4.22. The van der Waals surface area contributed by atoms with E-state index in [1.165, 1.54) is 18.4 Å². The molecule has 3 N–H and O–H groups in total. The van der Waals surface area contributed by atoms with Gasteiger partial charge >= 0.3 is 0 Å². The first kappa shape index (κ1) is 13.2. The van der Waals surface area contributed by atoms with Crippen molar-refractivity contribution in [3.05, 3.63) is 18.0 Å². The summed E-state index contributed by atoms with van der Waals surface area (Å²) in [6, 6.07) is 0.403. The van der Waals surface area contributed by atoms with Crippen LogP contribution in [0.4, 0.5) is 0 Å². The third kappa shape index (κ3) is 3.94. The van der Waals surface area contributed by atoms with Gasteiger partial charge in [0.1, 0.15) is 0 Å². The molecular weight excluding hydrogens is 200 g/mol. The number of aryl methyl sites for hydroxylation is 2. The molecule has 2 unspecified atom stereocenters. The molecular formula is C12H24N4. The van der Waals surface area contributed by atoms with Gasteiger partial charge in [-0.2, -0.15) is 5.10 Å². The maximum absolute atomic E-state index is 5.60. The highest BCUT2D eigenvalue weighted by atomic mass is 15.2. The van der Waals surface area contributed by atoms with E-state index in [0.29, 0.717) is 12.0 Å². The third-order valence-corrected chi connectivity index (χ3v) is 3.15. The highest BCUT2D eigenvalue weighted by Gasteiger charge is 2.14. The number of hydrogen-bond donors (Lipinski definition) is 2. The van der Waals surface area contributed by atoms with Crippen LogP contribution in [0.3, 0.4) is 0 Å². The van der Waals surface area contributed by atoms with Gasteiger partial charge in [0.05, 0.1) is 6.20 Å². The number of hydrazine groups is 1. The summed E-state index contributed by atoms with van der Waals surface area (Å²) < 4.78 is 1.84. The molecule has 0 aliphatic heterocycles. The maximum atomic E-state index is 5.60. The fourth-order valence-corrected chi connectivity index (χ4v) is 2.11. The molecule has 1 aromatic rings. The maximum Gasteiger partial charge on any atom is 0.0521 e. The van der Waals surface area contributed by atoms with Crippen LogP contribution in [0.2, 0.25) is 0 Å². The SMILES string of the molecule is CCCC(C)C(CCc1cnn(C)c1)NN. The Morgan fingerprint density at radius 2 is 2.25 bits per heavy atom. The minimum absolute atomic E-state index is 0.403. The first-order chi connectivity index (χ1) is 7.67. The molecule has 0 aromatic carbocycles. The number of rotatable bonds is 7. The molecule has 1 aromatic heterocycles. The van der Waals surface area contributed by atoms with Gasteiger partial charge in [0.2, 0.25) is 0 Å². The lowest BCUT2D eigenvalue weighted by atomic mass is 9.93. The van der Waals surface area contributed by atoms with E-state index in [0.717, 1.165) is 12.8 Å². The second-order valence-corrected chi connectivity index (χ2v) is 4.60. The molecule has 92 valence electrons. The summed E-state index contributed by atoms with van der Waals surface area (Å²) >= 11 is 0. The summed E-state index contributed by atoms with van der Waals surface area (Å²) in [6.07, 6.45) is 8.55. The standard InChI is InChI=1S/C12H24N4/c1-4-5-10(2)12(15-13)7-6-11-8-14-16(3)9-11/h8-10,12,15H,4-7,13H2,1-3H3. The van der Waals surface area contributed by atoms with E-state index in [4.69, 9.17) is 5.84 Å². The van der Waals surface area contributed by atoms with Gasteiger partial charge in [-0.1, -0.05) is 20.3 Å². The van der Waals surface area contributed by atoms with Crippen molar-refractivity contribution in [2.45, 2.75) is 45.6 Å². The molecule has 16 heavy (non-hydrogen) atoms. The van der Waals surface area contributed by atoms with Crippen molar-refractivity contribution in [2.24, 2.45) is 18.8 Å². The second-order valence-electron chi connectivity index (χ2n) is 4.60. The van der Waals surface area contributed by atoms with Crippen LogP contribution in [0.15, 0.2) is 12.4 Å². The van der Waals surface area contributed by atoms with Crippen LogP contribution in [-0.2, 0) is 13.5 Å². The Bertz CT molecular complexity index is 295. The van der Waals surface area contributed by atoms with E-state index in [2.05, 4.69) is 30.6 Å². The zero-order valence-corrected chi connectivity index (χ0v) is 10.6. The number of nitrogens with one attached hydrogen (secondary N) is 1. The molecule has 0 fully saturated rings. The first-order valence-corrected chi connectivity index (χ1v) is 6.11. The van der Waals surface area contributed by atoms with Gasteiger partial charge in [-0.25, -0.2) is 0 Å². The average molecular weight is 224 g/mol. The summed E-state index contributed by atoms with van der Waals surface area (Å²) in [4.78, 5) is 0. The first-order valence-electron chi connectivity index (χ1n) is 6.11. The van der Waals surface area contributed by atoms with Crippen LogP contribution in [0.5, 0.6) is 0 Å². The van der Waals surface area contributed by atoms with Crippen molar-refractivity contribution in [3.63, 3.8) is 0 Å². The van der Waals surface area contributed by atoms with Crippen molar-refractivity contribution in [1.82, 2.24) is 15.2 Å². The van der Waals surface area contributed by atoms with E-state index in [1.807, 2.05) is 17.9 Å². The van der Waals surface area contributed by atoms with Gasteiger partial charge in [0, 0.05) is 19.3 Å². The summed E-state index contributed by atoms with van der Waals surface area (Å²) in [5.74, 6) is 6.23. The lowest BCUT2D eigenvalue weighted by Crippen LogP contribution is -2.40. The van der Waals surface area contributed by atoms with Crippen LogP contribution in [0.1, 0.15) is 38.7 Å². The Hall–Kier alpha value is -0.870. The van der Waals surface area contributed by atoms with Gasteiger partial charge in [-0.05, 0) is 30.7 Å². The van der Waals surface area contributed by atoms with E-state index in [-0.39, 0.29) is 0 Å². The zero-order valence-electron chi connectivity index (χ0n) is 10.6. The van der Waals surface area contributed by atoms with E-state index >= 15 is 0 Å². The monoisotopic (exact) mass is 224 g/mol. The van der Waals surface area contributed by atoms with Gasteiger partial charge in [0.15, 0.2) is 0 Å². The Labute approximate surface area is 98.2 Å². The molecule has 2 atom stereocenters. The molecule has 0 amide bonds. The van der Waals surface area contributed by atoms with E-state index < -0.39 is 0 Å². The van der Waals surface area contributed by atoms with Crippen LogP contribution in [0, 0.1) is 5.92 Å². The van der Waals surface area contributed by atoms with Crippen LogP contribution < -0.4 is 11.3 Å². The van der Waals surface area contributed by atoms with Crippen LogP contribution in [0.25, 0.3) is 0 Å². The molecule has 0 aliphatic carbocycles. The number of hydrogen-bond acceptors (Lipinski definition) is 3. The smallest absolute Gasteiger partial charge is 0.0521 e. The molecule has 0 radical (unpaired) electrons. The molecule has 4 heteroatoms. The number of aromatic nitrogens is 2. The Kier molecular flexibility index (Phi) is 5.49. The van der Waals surface area contributed by atoms with Crippen molar-refractivity contribution in [1.29, 1.82) is 0 Å². The third-order valence-electron chi connectivity index (χ3n) is 3.15. The largest absolute Gasteiger partial charge is 0.276 e. The molecule has 0 saturated carbocycles. The highest BCUT2D eigenvalue weighted by molar-refractivity contribution is 5.04. The zero-order chi connectivity index (χ0) is 12.0. The quantitative estimate of drug-likeness (QED) is 0.546. The normalized spacial score (nSPS) is 15.0. The number of nitrogens with zero attached hydrogens (tertiary/aromatic N) is 2. The molecule has 1 rings (SSSR count). The van der Waals surface area contributed by atoms with Crippen molar-refractivity contribution in [2.75, 3.05) is 0 Å². The van der Waals surface area contributed by atoms with Crippen molar-refractivity contribution in [3.8, 4) is 0 Å². The Morgan fingerprint density at radius 1 is 1.50 bits per heavy atom. The van der Waals surface area contributed by atoms with E-state index in [9.17, 15) is 0 Å². The topological polar surface area (TPSA) is 55.9 Å². The minimum atomic E-state index is 0.403. The minimum Gasteiger partial charge on any atom is -0.276 e. The molecule has 0 aliphatic rings. The van der Waals surface area contributed by atoms with Gasteiger partial charge in [-0.3, -0.25) is 16.0 Å². The molecule has 1 heterocycles. The second kappa shape index (κ2) is 6.66. The predicted octanol–water partition coefficient (Wildman–Crippen LogP) is 1.62. The molecule has 0 spiro atoms. The van der Waals surface area contributed by atoms with E-state index in [1.54, 1.807) is 0 Å². The lowest BCUT2D eigenvalue weighted by molar-refractivity contribution is 0.341. The fraction of sp³-hybridized carbons (Fsp3) is 0.750.